The quantitative estimate of drug-likeness (QED) is 0.811. The Labute approximate surface area is 114 Å². The lowest BCUT2D eigenvalue weighted by Crippen LogP contribution is -2.40. The van der Waals surface area contributed by atoms with Gasteiger partial charge in [-0.15, -0.1) is 0 Å². The highest BCUT2D eigenvalue weighted by molar-refractivity contribution is 5.73. The van der Waals surface area contributed by atoms with Crippen LogP contribution < -0.4 is 10.1 Å². The summed E-state index contributed by atoms with van der Waals surface area (Å²) < 4.78 is 41.4. The molecule has 112 valence electrons. The van der Waals surface area contributed by atoms with Gasteiger partial charge in [0.1, 0.15) is 6.04 Å². The van der Waals surface area contributed by atoms with Crippen molar-refractivity contribution in [3.8, 4) is 5.75 Å². The van der Waals surface area contributed by atoms with E-state index in [9.17, 15) is 18.0 Å². The number of carbonyl (C=O) groups is 1. The number of nitrogens with one attached hydrogen (secondary N) is 1. The molecule has 0 heterocycles. The number of halogens is 3. The Bertz CT molecular complexity index is 466. The third-order valence-electron chi connectivity index (χ3n) is 2.67. The molecule has 2 N–H and O–H groups in total. The van der Waals surface area contributed by atoms with E-state index in [0.29, 0.717) is 5.56 Å². The van der Waals surface area contributed by atoms with Gasteiger partial charge in [0, 0.05) is 6.54 Å². The topological polar surface area (TPSA) is 58.6 Å². The fourth-order valence-corrected chi connectivity index (χ4v) is 1.68. The van der Waals surface area contributed by atoms with Gasteiger partial charge in [-0.05, 0) is 23.6 Å². The molecule has 1 rings (SSSR count). The maximum atomic E-state index is 13.4. The van der Waals surface area contributed by atoms with Crippen LogP contribution in [0.4, 0.5) is 13.2 Å². The van der Waals surface area contributed by atoms with Crippen molar-refractivity contribution in [3.63, 3.8) is 0 Å². The van der Waals surface area contributed by atoms with E-state index in [0.717, 1.165) is 12.1 Å². The van der Waals surface area contributed by atoms with Crippen molar-refractivity contribution in [3.05, 3.63) is 29.6 Å². The second kappa shape index (κ2) is 7.14. The van der Waals surface area contributed by atoms with Gasteiger partial charge < -0.3 is 15.2 Å². The van der Waals surface area contributed by atoms with Gasteiger partial charge >= 0.3 is 12.6 Å². The highest BCUT2D eigenvalue weighted by Gasteiger charge is 2.20. The summed E-state index contributed by atoms with van der Waals surface area (Å²) >= 11 is 0. The first-order valence-electron chi connectivity index (χ1n) is 6.00. The van der Waals surface area contributed by atoms with Crippen LogP contribution in [0.3, 0.4) is 0 Å². The van der Waals surface area contributed by atoms with E-state index in [-0.39, 0.29) is 12.5 Å². The highest BCUT2D eigenvalue weighted by atomic mass is 19.3. The highest BCUT2D eigenvalue weighted by Crippen LogP contribution is 2.20. The molecule has 1 aromatic carbocycles. The first-order chi connectivity index (χ1) is 9.31. The van der Waals surface area contributed by atoms with Crippen LogP contribution >= 0.6 is 0 Å². The van der Waals surface area contributed by atoms with Crippen LogP contribution in [0.2, 0.25) is 0 Å². The number of ether oxygens (including phenoxy) is 1. The zero-order valence-corrected chi connectivity index (χ0v) is 11.1. The number of alkyl halides is 2. The summed E-state index contributed by atoms with van der Waals surface area (Å²) in [6.07, 6.45) is 0. The minimum Gasteiger partial charge on any atom is -0.480 e. The summed E-state index contributed by atoms with van der Waals surface area (Å²) in [6, 6.07) is 2.75. The van der Waals surface area contributed by atoms with Gasteiger partial charge in [-0.25, -0.2) is 4.39 Å². The van der Waals surface area contributed by atoms with Crippen molar-refractivity contribution >= 4 is 5.97 Å². The minimum absolute atomic E-state index is 0.112. The molecule has 0 amide bonds. The van der Waals surface area contributed by atoms with Gasteiger partial charge in [0.15, 0.2) is 11.6 Å². The molecule has 20 heavy (non-hydrogen) atoms. The number of carboxylic acid groups (broad SMARTS) is 1. The lowest BCUT2D eigenvalue weighted by Gasteiger charge is -2.18. The van der Waals surface area contributed by atoms with Crippen molar-refractivity contribution in [1.29, 1.82) is 0 Å². The number of aliphatic carboxylic acids is 1. The van der Waals surface area contributed by atoms with E-state index < -0.39 is 30.2 Å². The van der Waals surface area contributed by atoms with Crippen LogP contribution in [0.5, 0.6) is 5.75 Å². The van der Waals surface area contributed by atoms with Gasteiger partial charge in [-0.3, -0.25) is 4.79 Å². The molecular weight excluding hydrogens is 275 g/mol. The fourth-order valence-electron chi connectivity index (χ4n) is 1.68. The SMILES string of the molecule is CC(C)[C@@H](NCc1ccc(OC(F)F)c(F)c1)C(=O)O. The van der Waals surface area contributed by atoms with Gasteiger partial charge in [0.2, 0.25) is 0 Å². The molecular formula is C13H16F3NO3. The van der Waals surface area contributed by atoms with Crippen molar-refractivity contribution in [2.75, 3.05) is 0 Å². The van der Waals surface area contributed by atoms with Crippen molar-refractivity contribution in [2.45, 2.75) is 33.0 Å². The van der Waals surface area contributed by atoms with Gasteiger partial charge in [0.05, 0.1) is 0 Å². The first kappa shape index (κ1) is 16.3. The second-order valence-electron chi connectivity index (χ2n) is 4.58. The summed E-state index contributed by atoms with van der Waals surface area (Å²) in [5, 5.41) is 11.7. The van der Waals surface area contributed by atoms with Gasteiger partial charge in [0.25, 0.3) is 0 Å². The largest absolute Gasteiger partial charge is 0.480 e. The van der Waals surface area contributed by atoms with Crippen LogP contribution in [0.15, 0.2) is 18.2 Å². The smallest absolute Gasteiger partial charge is 0.387 e. The summed E-state index contributed by atoms with van der Waals surface area (Å²) in [7, 11) is 0. The van der Waals surface area contributed by atoms with Crippen LogP contribution in [0.1, 0.15) is 19.4 Å². The summed E-state index contributed by atoms with van der Waals surface area (Å²) in [5.74, 6) is -2.60. The summed E-state index contributed by atoms with van der Waals surface area (Å²) in [5.41, 5.74) is 0.441. The van der Waals surface area contributed by atoms with Crippen molar-refractivity contribution < 1.29 is 27.8 Å². The lowest BCUT2D eigenvalue weighted by molar-refractivity contribution is -0.140. The van der Waals surface area contributed by atoms with Crippen molar-refractivity contribution in [1.82, 2.24) is 5.32 Å². The molecule has 0 radical (unpaired) electrons. The zero-order chi connectivity index (χ0) is 15.3. The monoisotopic (exact) mass is 291 g/mol. The van der Waals surface area contributed by atoms with E-state index in [1.165, 1.54) is 6.07 Å². The third-order valence-corrected chi connectivity index (χ3v) is 2.67. The lowest BCUT2D eigenvalue weighted by atomic mass is 10.0. The molecule has 4 nitrogen and oxygen atoms in total. The normalized spacial score (nSPS) is 12.8. The van der Waals surface area contributed by atoms with Gasteiger partial charge in [-0.1, -0.05) is 19.9 Å². The molecule has 0 saturated carbocycles. The standard InChI is InChI=1S/C13H16F3NO3/c1-7(2)11(12(18)19)17-6-8-3-4-10(9(14)5-8)20-13(15)16/h3-5,7,11,13,17H,6H2,1-2H3,(H,18,19)/t11-/m1/s1. The zero-order valence-electron chi connectivity index (χ0n) is 11.1. The van der Waals surface area contributed by atoms with E-state index in [1.807, 2.05) is 0 Å². The van der Waals surface area contributed by atoms with Gasteiger partial charge in [-0.2, -0.15) is 8.78 Å². The number of carboxylic acids is 1. The molecule has 0 aromatic heterocycles. The van der Waals surface area contributed by atoms with E-state index in [1.54, 1.807) is 13.8 Å². The van der Waals surface area contributed by atoms with E-state index in [4.69, 9.17) is 5.11 Å². The molecule has 0 saturated heterocycles. The Morgan fingerprint density at radius 2 is 2.05 bits per heavy atom. The summed E-state index contributed by atoms with van der Waals surface area (Å²) in [4.78, 5) is 11.0. The summed E-state index contributed by atoms with van der Waals surface area (Å²) in [6.45, 7) is 0.504. The van der Waals surface area contributed by atoms with Crippen molar-refractivity contribution in [2.24, 2.45) is 5.92 Å². The Morgan fingerprint density at radius 3 is 2.50 bits per heavy atom. The Kier molecular flexibility index (Phi) is 5.82. The number of hydrogen-bond acceptors (Lipinski definition) is 3. The molecule has 1 atom stereocenters. The fraction of sp³-hybridized carbons (Fsp3) is 0.462. The molecule has 0 fully saturated rings. The number of benzene rings is 1. The van der Waals surface area contributed by atoms with Crippen LogP contribution in [0.25, 0.3) is 0 Å². The number of hydrogen-bond donors (Lipinski definition) is 2. The minimum atomic E-state index is -3.09. The average molecular weight is 291 g/mol. The molecule has 0 aliphatic carbocycles. The molecule has 0 bridgehead atoms. The first-order valence-corrected chi connectivity index (χ1v) is 6.00. The maximum absolute atomic E-state index is 13.4. The predicted molar refractivity (Wildman–Crippen MR) is 66.1 cm³/mol. The number of rotatable bonds is 7. The van der Waals surface area contributed by atoms with Crippen LogP contribution in [0, 0.1) is 11.7 Å². The van der Waals surface area contributed by atoms with E-state index >= 15 is 0 Å². The predicted octanol–water partition coefficient (Wildman–Crippen LogP) is 2.63. The molecule has 0 unspecified atom stereocenters. The molecule has 0 aliphatic heterocycles. The Morgan fingerprint density at radius 1 is 1.40 bits per heavy atom. The third kappa shape index (κ3) is 4.73. The van der Waals surface area contributed by atoms with Crippen LogP contribution in [-0.4, -0.2) is 23.7 Å². The van der Waals surface area contributed by atoms with E-state index in [2.05, 4.69) is 10.1 Å². The molecule has 7 heteroatoms. The second-order valence-corrected chi connectivity index (χ2v) is 4.58. The maximum Gasteiger partial charge on any atom is 0.387 e. The van der Waals surface area contributed by atoms with Crippen LogP contribution in [-0.2, 0) is 11.3 Å². The Hall–Kier alpha value is -1.76. The average Bonchev–Trinajstić information content (AvgIpc) is 2.31. The Balaban J connectivity index is 2.69. The molecule has 0 spiro atoms. The molecule has 0 aliphatic rings. The molecule has 1 aromatic rings.